The molecule has 28 heavy (non-hydrogen) atoms. The lowest BCUT2D eigenvalue weighted by Gasteiger charge is -2.36. The lowest BCUT2D eigenvalue weighted by atomic mass is 9.65. The Kier molecular flexibility index (Phi) is 3.69. The van der Waals surface area contributed by atoms with E-state index in [0.29, 0.717) is 11.6 Å². The van der Waals surface area contributed by atoms with Gasteiger partial charge in [0, 0.05) is 23.6 Å². The van der Waals surface area contributed by atoms with E-state index in [1.807, 2.05) is 26.0 Å². The molecule has 2 heterocycles. The summed E-state index contributed by atoms with van der Waals surface area (Å²) in [5.41, 5.74) is 3.00. The van der Waals surface area contributed by atoms with E-state index in [9.17, 15) is 13.2 Å². The molecule has 0 radical (unpaired) electrons. The van der Waals surface area contributed by atoms with Gasteiger partial charge in [0.05, 0.1) is 11.6 Å². The predicted octanol–water partition coefficient (Wildman–Crippen LogP) is 3.52. The second-order valence-electron chi connectivity index (χ2n) is 8.51. The van der Waals surface area contributed by atoms with Crippen LogP contribution in [0.1, 0.15) is 69.0 Å². The summed E-state index contributed by atoms with van der Waals surface area (Å²) in [5, 5.41) is 7.22. The van der Waals surface area contributed by atoms with Gasteiger partial charge in [-0.1, -0.05) is 6.42 Å². The van der Waals surface area contributed by atoms with Crippen LogP contribution in [0, 0.1) is 0 Å². The van der Waals surface area contributed by atoms with Crippen molar-refractivity contribution in [1.29, 1.82) is 0 Å². The zero-order valence-corrected chi connectivity index (χ0v) is 16.8. The number of anilines is 2. The molecule has 7 nitrogen and oxygen atoms in total. The zero-order chi connectivity index (χ0) is 19.7. The highest BCUT2D eigenvalue weighted by molar-refractivity contribution is 7.92. The topological polar surface area (TPSA) is 93.1 Å². The molecule has 8 heteroatoms. The molecule has 1 aromatic carbocycles. The molecule has 148 valence electrons. The van der Waals surface area contributed by atoms with E-state index in [4.69, 9.17) is 0 Å². The molecule has 2 aromatic rings. The minimum atomic E-state index is -3.74. The summed E-state index contributed by atoms with van der Waals surface area (Å²) >= 11 is 0. The highest BCUT2D eigenvalue weighted by Crippen LogP contribution is 2.56. The van der Waals surface area contributed by atoms with Crippen LogP contribution in [0.5, 0.6) is 0 Å². The number of carbonyl (C=O) groups excluding carboxylic acids is 1. The SMILES string of the molecule is CC(C)n1cc(S(=O)(=O)Nc2cc(C3CC3)c3c(c2)C2(CCC2)C(=O)N3)cn1. The summed E-state index contributed by atoms with van der Waals surface area (Å²) in [5.74, 6) is 0.464. The fourth-order valence-electron chi connectivity index (χ4n) is 4.29. The number of rotatable bonds is 5. The van der Waals surface area contributed by atoms with Crippen LogP contribution in [0.4, 0.5) is 11.4 Å². The number of nitrogens with zero attached hydrogens (tertiary/aromatic N) is 2. The van der Waals surface area contributed by atoms with Crippen molar-refractivity contribution in [3.8, 4) is 0 Å². The Balaban J connectivity index is 1.54. The second kappa shape index (κ2) is 5.83. The standard InChI is InChI=1S/C20H24N4O3S/c1-12(2)24-11-15(10-21-24)28(26,27)23-14-8-16(13-4-5-13)18-17(9-14)20(6-3-7-20)19(25)22-18/h8-13,23H,3-7H2,1-2H3,(H,22,25). The summed E-state index contributed by atoms with van der Waals surface area (Å²) in [4.78, 5) is 12.8. The molecule has 3 aliphatic rings. The molecule has 1 aromatic heterocycles. The smallest absolute Gasteiger partial charge is 0.265 e. The first-order chi connectivity index (χ1) is 13.3. The van der Waals surface area contributed by atoms with E-state index in [0.717, 1.165) is 48.9 Å². The average molecular weight is 401 g/mol. The normalized spacial score (nSPS) is 20.2. The number of amides is 1. The summed E-state index contributed by atoms with van der Waals surface area (Å²) in [6.45, 7) is 3.89. The van der Waals surface area contributed by atoms with E-state index >= 15 is 0 Å². The summed E-state index contributed by atoms with van der Waals surface area (Å²) in [7, 11) is -3.74. The van der Waals surface area contributed by atoms with Gasteiger partial charge in [-0.05, 0) is 68.7 Å². The van der Waals surface area contributed by atoms with Gasteiger partial charge in [-0.25, -0.2) is 8.42 Å². The summed E-state index contributed by atoms with van der Waals surface area (Å²) < 4.78 is 30.1. The first-order valence-corrected chi connectivity index (χ1v) is 11.4. The van der Waals surface area contributed by atoms with Gasteiger partial charge in [-0.2, -0.15) is 5.10 Å². The molecule has 5 rings (SSSR count). The predicted molar refractivity (Wildman–Crippen MR) is 106 cm³/mol. The molecular weight excluding hydrogens is 376 g/mol. The number of aromatic nitrogens is 2. The van der Waals surface area contributed by atoms with Crippen molar-refractivity contribution in [3.05, 3.63) is 35.7 Å². The number of benzene rings is 1. The van der Waals surface area contributed by atoms with Crippen molar-refractivity contribution >= 4 is 27.3 Å². The highest BCUT2D eigenvalue weighted by Gasteiger charge is 2.52. The van der Waals surface area contributed by atoms with Gasteiger partial charge in [-0.15, -0.1) is 0 Å². The quantitative estimate of drug-likeness (QED) is 0.803. The molecule has 2 N–H and O–H groups in total. The Labute approximate surface area is 164 Å². The monoisotopic (exact) mass is 400 g/mol. The van der Waals surface area contributed by atoms with Crippen LogP contribution in [-0.2, 0) is 20.2 Å². The minimum Gasteiger partial charge on any atom is -0.325 e. The number of sulfonamides is 1. The Bertz CT molecular complexity index is 1080. The third-order valence-electron chi connectivity index (χ3n) is 6.25. The molecular formula is C20H24N4O3S. The van der Waals surface area contributed by atoms with Crippen LogP contribution < -0.4 is 10.0 Å². The molecule has 0 unspecified atom stereocenters. The third-order valence-corrected chi connectivity index (χ3v) is 7.59. The molecule has 2 fully saturated rings. The molecule has 1 aliphatic heterocycles. The van der Waals surface area contributed by atoms with E-state index in [1.165, 1.54) is 6.20 Å². The fraction of sp³-hybridized carbons (Fsp3) is 0.500. The van der Waals surface area contributed by atoms with Gasteiger partial charge >= 0.3 is 0 Å². The van der Waals surface area contributed by atoms with Crippen LogP contribution in [-0.4, -0.2) is 24.1 Å². The average Bonchev–Trinajstić information content (AvgIpc) is 3.20. The van der Waals surface area contributed by atoms with Crippen molar-refractivity contribution in [3.63, 3.8) is 0 Å². The van der Waals surface area contributed by atoms with Gasteiger partial charge in [0.1, 0.15) is 4.90 Å². The molecule has 2 aliphatic carbocycles. The molecule has 0 saturated heterocycles. The maximum atomic E-state index is 12.9. The summed E-state index contributed by atoms with van der Waals surface area (Å²) in [6.07, 6.45) is 7.74. The Morgan fingerprint density at radius 2 is 2.04 bits per heavy atom. The molecule has 1 amide bonds. The Hall–Kier alpha value is -2.35. The molecule has 0 bridgehead atoms. The fourth-order valence-corrected chi connectivity index (χ4v) is 5.27. The summed E-state index contributed by atoms with van der Waals surface area (Å²) in [6, 6.07) is 3.82. The number of carbonyl (C=O) groups is 1. The van der Waals surface area contributed by atoms with Crippen LogP contribution in [0.25, 0.3) is 0 Å². The largest absolute Gasteiger partial charge is 0.325 e. The van der Waals surface area contributed by atoms with Crippen molar-refractivity contribution in [2.24, 2.45) is 0 Å². The van der Waals surface area contributed by atoms with Gasteiger partial charge in [0.25, 0.3) is 10.0 Å². The van der Waals surface area contributed by atoms with E-state index in [-0.39, 0.29) is 16.8 Å². The van der Waals surface area contributed by atoms with Gasteiger partial charge < -0.3 is 5.32 Å². The van der Waals surface area contributed by atoms with Gasteiger partial charge in [-0.3, -0.25) is 14.2 Å². The molecule has 0 atom stereocenters. The van der Waals surface area contributed by atoms with Gasteiger partial charge in [0.2, 0.25) is 5.91 Å². The highest BCUT2D eigenvalue weighted by atomic mass is 32.2. The molecule has 1 spiro atoms. The van der Waals surface area contributed by atoms with Gasteiger partial charge in [0.15, 0.2) is 0 Å². The Morgan fingerprint density at radius 3 is 2.61 bits per heavy atom. The van der Waals surface area contributed by atoms with Crippen LogP contribution in [0.2, 0.25) is 0 Å². The first-order valence-electron chi connectivity index (χ1n) is 9.87. The molecule has 2 saturated carbocycles. The second-order valence-corrected chi connectivity index (χ2v) is 10.2. The van der Waals surface area contributed by atoms with Crippen molar-refractivity contribution in [2.75, 3.05) is 10.0 Å². The lowest BCUT2D eigenvalue weighted by molar-refractivity contribution is -0.123. The number of hydrogen-bond acceptors (Lipinski definition) is 4. The zero-order valence-electron chi connectivity index (χ0n) is 16.0. The number of nitrogens with one attached hydrogen (secondary N) is 2. The third kappa shape index (κ3) is 2.57. The lowest BCUT2D eigenvalue weighted by Crippen LogP contribution is -2.40. The maximum absolute atomic E-state index is 12.9. The van der Waals surface area contributed by atoms with Crippen LogP contribution >= 0.6 is 0 Å². The van der Waals surface area contributed by atoms with Crippen molar-refractivity contribution < 1.29 is 13.2 Å². The van der Waals surface area contributed by atoms with E-state index in [2.05, 4.69) is 15.1 Å². The maximum Gasteiger partial charge on any atom is 0.265 e. The van der Waals surface area contributed by atoms with Crippen LogP contribution in [0.3, 0.4) is 0 Å². The first kappa shape index (κ1) is 17.7. The Morgan fingerprint density at radius 1 is 1.29 bits per heavy atom. The van der Waals surface area contributed by atoms with Crippen LogP contribution in [0.15, 0.2) is 29.4 Å². The number of fused-ring (bicyclic) bond motifs is 2. The van der Waals surface area contributed by atoms with E-state index in [1.54, 1.807) is 10.9 Å². The minimum absolute atomic E-state index is 0.0638. The van der Waals surface area contributed by atoms with Crippen molar-refractivity contribution in [1.82, 2.24) is 9.78 Å². The van der Waals surface area contributed by atoms with Crippen molar-refractivity contribution in [2.45, 2.75) is 68.2 Å². The number of hydrogen-bond donors (Lipinski definition) is 2. The van der Waals surface area contributed by atoms with E-state index < -0.39 is 15.4 Å².